The molecule has 0 bridgehead atoms. The van der Waals surface area contributed by atoms with Crippen molar-refractivity contribution in [3.05, 3.63) is 170 Å². The average Bonchev–Trinajstić information content (AvgIpc) is 0.899. The van der Waals surface area contributed by atoms with Gasteiger partial charge < -0.3 is 34.2 Å². The lowest BCUT2D eigenvalue weighted by atomic mass is 10.1. The molecule has 0 saturated carbocycles. The zero-order chi connectivity index (χ0) is 82.2. The molecule has 113 heavy (non-hydrogen) atoms. The van der Waals surface area contributed by atoms with E-state index >= 15 is 0 Å². The molecule has 5 atom stereocenters. The number of hydrogen-bond acceptors (Lipinski definition) is 14. The van der Waals surface area contributed by atoms with E-state index in [4.69, 9.17) is 32.3 Å². The van der Waals surface area contributed by atoms with E-state index in [2.05, 4.69) is 191 Å². The number of phosphoric ester groups is 2. The molecule has 0 rings (SSSR count). The van der Waals surface area contributed by atoms with Crippen molar-refractivity contribution in [3.8, 4) is 0 Å². The monoisotopic (exact) mass is 1620 g/mol. The Morgan fingerprint density at radius 1 is 0.257 bits per heavy atom. The zero-order valence-electron chi connectivity index (χ0n) is 71.0. The molecule has 0 aliphatic carbocycles. The number of esters is 3. The van der Waals surface area contributed by atoms with Crippen LogP contribution in [0.3, 0.4) is 0 Å². The predicted molar refractivity (Wildman–Crippen MR) is 472 cm³/mol. The maximum Gasteiger partial charge on any atom is 0.472 e. The van der Waals surface area contributed by atoms with Gasteiger partial charge in [0.1, 0.15) is 25.4 Å². The summed E-state index contributed by atoms with van der Waals surface area (Å²) >= 11 is 0. The second-order valence-corrected chi connectivity index (χ2v) is 32.2. The third kappa shape index (κ3) is 87.6. The van der Waals surface area contributed by atoms with E-state index in [0.29, 0.717) is 19.3 Å². The van der Waals surface area contributed by atoms with Crippen molar-refractivity contribution in [1.82, 2.24) is 0 Å². The third-order valence-corrected chi connectivity index (χ3v) is 20.3. The summed E-state index contributed by atoms with van der Waals surface area (Å²) in [6, 6.07) is 0. The van der Waals surface area contributed by atoms with Crippen molar-refractivity contribution in [3.63, 3.8) is 0 Å². The van der Waals surface area contributed by atoms with Crippen LogP contribution in [0, 0.1) is 0 Å². The van der Waals surface area contributed by atoms with Crippen LogP contribution in [0.2, 0.25) is 0 Å². The lowest BCUT2D eigenvalue weighted by Gasteiger charge is -2.21. The smallest absolute Gasteiger partial charge is 0.463 e. The van der Waals surface area contributed by atoms with Gasteiger partial charge in [0, 0.05) is 19.3 Å². The fraction of sp³-hybridized carbons (Fsp3) is 0.674. The predicted octanol–water partition coefficient (Wildman–Crippen LogP) is 27.1. The van der Waals surface area contributed by atoms with E-state index in [1.807, 2.05) is 0 Å². The Kier molecular flexibility index (Phi) is 82.4. The van der Waals surface area contributed by atoms with Crippen LogP contribution in [0.25, 0.3) is 0 Å². The standard InChI is InChI=1S/C95H160O16P2/c1-4-7-10-13-16-19-22-25-28-31-34-37-40-42-43-44-45-47-50-51-54-57-60-63-66-69-72-75-78-81-93(98)105-84-90(96)85-107-112(101,102)108-86-91(97)87-109-113(103,104)110-89-92(111-95(100)83-80-77-74-71-68-65-62-59-56-53-48-39-36-33-30-27-24-21-18-15-12-9-6-3)88-106-94(99)82-79-76-73-70-67-64-61-58-55-52-49-46-41-38-35-32-29-26-23-20-17-14-11-8-5-2/h7,10,16-21,25-30,34-39,42-43,45-47,49,53,56,90-92,96-97H,4-6,8-9,11-15,22-24,31-33,40-41,44,48,50-52,54-55,57-89H2,1-3H3,(H,101,102)(H,103,104)/b10-7-,19-16-,20-17-,21-18-,28-25-,29-26-,30-27-,37-34-,38-35-,39-36-,43-42-,47-45-,49-46-,56-53-. The molecule has 5 unspecified atom stereocenters. The Morgan fingerprint density at radius 3 is 0.743 bits per heavy atom. The summed E-state index contributed by atoms with van der Waals surface area (Å²) < 4.78 is 61.4. The molecular weight excluding hydrogens is 1460 g/mol. The number of allylic oxidation sites excluding steroid dienone is 28. The van der Waals surface area contributed by atoms with Crippen LogP contribution in [-0.2, 0) is 55.8 Å². The molecule has 0 fully saturated rings. The highest BCUT2D eigenvalue weighted by molar-refractivity contribution is 7.47. The van der Waals surface area contributed by atoms with Gasteiger partial charge in [0.05, 0.1) is 26.4 Å². The summed E-state index contributed by atoms with van der Waals surface area (Å²) in [4.78, 5) is 59.0. The second kappa shape index (κ2) is 86.3. The van der Waals surface area contributed by atoms with Crippen molar-refractivity contribution < 1.29 is 75.8 Å². The maximum atomic E-state index is 13.1. The van der Waals surface area contributed by atoms with Gasteiger partial charge in [-0.1, -0.05) is 345 Å². The number of aliphatic hydroxyl groups excluding tert-OH is 2. The highest BCUT2D eigenvalue weighted by atomic mass is 31.2. The van der Waals surface area contributed by atoms with Crippen LogP contribution < -0.4 is 0 Å². The summed E-state index contributed by atoms with van der Waals surface area (Å²) in [6.07, 6.45) is 111. The number of hydrogen-bond donors (Lipinski definition) is 4. The minimum absolute atomic E-state index is 0.0861. The van der Waals surface area contributed by atoms with Crippen molar-refractivity contribution in [2.75, 3.05) is 39.6 Å². The van der Waals surface area contributed by atoms with Gasteiger partial charge in [-0.25, -0.2) is 9.13 Å². The Morgan fingerprint density at radius 2 is 0.469 bits per heavy atom. The Hall–Kier alpha value is -5.09. The van der Waals surface area contributed by atoms with Gasteiger partial charge in [-0.3, -0.25) is 32.5 Å². The molecule has 16 nitrogen and oxygen atoms in total. The van der Waals surface area contributed by atoms with Crippen LogP contribution in [0.4, 0.5) is 0 Å². The minimum atomic E-state index is -4.95. The first-order valence-corrected chi connectivity index (χ1v) is 47.4. The average molecular weight is 1620 g/mol. The van der Waals surface area contributed by atoms with Gasteiger partial charge in [0.2, 0.25) is 0 Å². The fourth-order valence-corrected chi connectivity index (χ4v) is 13.2. The number of carbonyl (C=O) groups excluding carboxylic acids is 3. The zero-order valence-corrected chi connectivity index (χ0v) is 72.8. The molecule has 0 aromatic rings. The third-order valence-electron chi connectivity index (χ3n) is 18.4. The molecule has 646 valence electrons. The number of carbonyl (C=O) groups is 3. The second-order valence-electron chi connectivity index (χ2n) is 29.3. The summed E-state index contributed by atoms with van der Waals surface area (Å²) in [5, 5.41) is 20.7. The maximum absolute atomic E-state index is 13.1. The normalized spacial score (nSPS) is 14.6. The minimum Gasteiger partial charge on any atom is -0.463 e. The van der Waals surface area contributed by atoms with E-state index in [9.17, 15) is 43.5 Å². The van der Waals surface area contributed by atoms with E-state index < -0.39 is 91.5 Å². The Balaban J connectivity index is 4.67. The van der Waals surface area contributed by atoms with Gasteiger partial charge in [0.15, 0.2) is 6.10 Å². The summed E-state index contributed by atoms with van der Waals surface area (Å²) in [5.74, 6) is -1.60. The fourth-order valence-electron chi connectivity index (χ4n) is 11.7. The van der Waals surface area contributed by atoms with Crippen molar-refractivity contribution >= 4 is 33.6 Å². The van der Waals surface area contributed by atoms with E-state index in [1.165, 1.54) is 109 Å². The summed E-state index contributed by atoms with van der Waals surface area (Å²) in [6.45, 7) is 2.51. The summed E-state index contributed by atoms with van der Waals surface area (Å²) in [7, 11) is -9.82. The Labute approximate surface area is 688 Å². The highest BCUT2D eigenvalue weighted by Gasteiger charge is 2.29. The van der Waals surface area contributed by atoms with Crippen molar-refractivity contribution in [2.45, 2.75) is 373 Å². The molecule has 0 saturated heterocycles. The van der Waals surface area contributed by atoms with Crippen molar-refractivity contribution in [2.24, 2.45) is 0 Å². The number of ether oxygens (including phenoxy) is 3. The van der Waals surface area contributed by atoms with Gasteiger partial charge >= 0.3 is 33.6 Å². The molecule has 0 aliphatic heterocycles. The number of rotatable bonds is 83. The molecule has 0 aromatic heterocycles. The van der Waals surface area contributed by atoms with Crippen LogP contribution in [0.15, 0.2) is 170 Å². The topological polar surface area (TPSA) is 231 Å². The highest BCUT2D eigenvalue weighted by Crippen LogP contribution is 2.45. The lowest BCUT2D eigenvalue weighted by Crippen LogP contribution is -2.30. The molecule has 0 aliphatic rings. The molecule has 0 amide bonds. The van der Waals surface area contributed by atoms with Crippen molar-refractivity contribution in [1.29, 1.82) is 0 Å². The molecule has 0 radical (unpaired) electrons. The van der Waals surface area contributed by atoms with Gasteiger partial charge in [-0.05, 0) is 161 Å². The molecule has 0 heterocycles. The molecule has 4 N–H and O–H groups in total. The molecular formula is C95H160O16P2. The van der Waals surface area contributed by atoms with E-state index in [-0.39, 0.29) is 19.3 Å². The van der Waals surface area contributed by atoms with Gasteiger partial charge in [-0.15, -0.1) is 0 Å². The molecule has 0 spiro atoms. The first kappa shape index (κ1) is 108. The first-order chi connectivity index (χ1) is 55.2. The largest absolute Gasteiger partial charge is 0.472 e. The first-order valence-electron chi connectivity index (χ1n) is 44.4. The Bertz CT molecular complexity index is 2730. The van der Waals surface area contributed by atoms with Crippen LogP contribution in [0.5, 0.6) is 0 Å². The van der Waals surface area contributed by atoms with E-state index in [0.717, 1.165) is 186 Å². The van der Waals surface area contributed by atoms with Crippen LogP contribution in [-0.4, -0.2) is 95.9 Å². The van der Waals surface area contributed by atoms with Crippen LogP contribution in [0.1, 0.15) is 355 Å². The SMILES string of the molecule is CC/C=C\C/C=C\C/C=C\C/C=C\C/C=C\C/C=C\CCCCCCCCCCCCC(=O)OCC(O)COP(=O)(O)OCC(O)COP(=O)(O)OCC(COC(=O)CCCCCCCCCCC/C=C\C/C=C\C/C=C\C/C=C\CCCCC)OC(=O)CCCCCCCCC/C=C\C/C=C\C/C=C\C/C=C\CCCCC. The number of phosphoric acid groups is 2. The van der Waals surface area contributed by atoms with Gasteiger partial charge in [0.25, 0.3) is 0 Å². The van der Waals surface area contributed by atoms with Crippen LogP contribution >= 0.6 is 15.6 Å². The lowest BCUT2D eigenvalue weighted by molar-refractivity contribution is -0.161. The summed E-state index contributed by atoms with van der Waals surface area (Å²) in [5.41, 5.74) is 0. The van der Waals surface area contributed by atoms with Gasteiger partial charge in [-0.2, -0.15) is 0 Å². The number of aliphatic hydroxyl groups is 2. The van der Waals surface area contributed by atoms with E-state index in [1.54, 1.807) is 0 Å². The molecule has 18 heteroatoms. The quantitative estimate of drug-likeness (QED) is 0.0146. The number of unbranched alkanes of at least 4 members (excludes halogenated alkanes) is 32. The molecule has 0 aromatic carbocycles.